The number of halogens is 1. The molecular formula is C12H11ClN4O3. The van der Waals surface area contributed by atoms with Crippen LogP contribution in [0.15, 0.2) is 30.9 Å². The summed E-state index contributed by atoms with van der Waals surface area (Å²) >= 11 is 5.73. The maximum atomic E-state index is 11.8. The average molecular weight is 295 g/mol. The van der Waals surface area contributed by atoms with Gasteiger partial charge in [0.1, 0.15) is 12.7 Å². The van der Waals surface area contributed by atoms with E-state index in [9.17, 15) is 9.59 Å². The Kier molecular flexibility index (Phi) is 4.31. The molecule has 0 atom stereocenters. The van der Waals surface area contributed by atoms with Gasteiger partial charge >= 0.3 is 5.97 Å². The SMILES string of the molecule is O=C(CCn1cncn1)Nc1ccc(Cl)cc1C(=O)O. The number of hydrogen-bond donors (Lipinski definition) is 2. The van der Waals surface area contributed by atoms with Crippen molar-refractivity contribution >= 4 is 29.2 Å². The molecule has 0 unspecified atom stereocenters. The summed E-state index contributed by atoms with van der Waals surface area (Å²) in [5.74, 6) is -1.47. The number of rotatable bonds is 5. The predicted octanol–water partition coefficient (Wildman–Crippen LogP) is 1.66. The third-order valence-corrected chi connectivity index (χ3v) is 2.76. The number of nitrogens with zero attached hydrogens (tertiary/aromatic N) is 3. The van der Waals surface area contributed by atoms with Crippen LogP contribution in [-0.4, -0.2) is 31.7 Å². The zero-order valence-corrected chi connectivity index (χ0v) is 11.0. The van der Waals surface area contributed by atoms with Crippen molar-refractivity contribution < 1.29 is 14.7 Å². The van der Waals surface area contributed by atoms with Gasteiger partial charge in [0, 0.05) is 11.4 Å². The van der Waals surface area contributed by atoms with Crippen LogP contribution in [0.3, 0.4) is 0 Å². The molecular weight excluding hydrogens is 284 g/mol. The highest BCUT2D eigenvalue weighted by molar-refractivity contribution is 6.31. The van der Waals surface area contributed by atoms with E-state index in [0.29, 0.717) is 11.6 Å². The highest BCUT2D eigenvalue weighted by atomic mass is 35.5. The summed E-state index contributed by atoms with van der Waals surface area (Å²) in [7, 11) is 0. The van der Waals surface area contributed by atoms with Gasteiger partial charge in [-0.3, -0.25) is 9.48 Å². The van der Waals surface area contributed by atoms with Gasteiger partial charge in [-0.05, 0) is 18.2 Å². The number of nitrogens with one attached hydrogen (secondary N) is 1. The number of carboxylic acids is 1. The Bertz CT molecular complexity index is 628. The number of carbonyl (C=O) groups is 2. The van der Waals surface area contributed by atoms with E-state index in [0.717, 1.165) is 0 Å². The fraction of sp³-hybridized carbons (Fsp3) is 0.167. The Morgan fingerprint density at radius 1 is 1.40 bits per heavy atom. The lowest BCUT2D eigenvalue weighted by molar-refractivity contribution is -0.116. The summed E-state index contributed by atoms with van der Waals surface area (Å²) in [4.78, 5) is 26.6. The number of hydrogen-bond acceptors (Lipinski definition) is 4. The number of carboxylic acid groups (broad SMARTS) is 1. The molecule has 2 rings (SSSR count). The molecule has 1 heterocycles. The van der Waals surface area contributed by atoms with Gasteiger partial charge in [0.25, 0.3) is 0 Å². The zero-order chi connectivity index (χ0) is 14.5. The van der Waals surface area contributed by atoms with Gasteiger partial charge in [0.05, 0.1) is 17.8 Å². The number of aryl methyl sites for hydroxylation is 1. The van der Waals surface area contributed by atoms with E-state index >= 15 is 0 Å². The molecule has 7 nitrogen and oxygen atoms in total. The summed E-state index contributed by atoms with van der Waals surface area (Å²) < 4.78 is 1.51. The van der Waals surface area contributed by atoms with Crippen LogP contribution in [0.5, 0.6) is 0 Å². The molecule has 8 heteroatoms. The van der Waals surface area contributed by atoms with Crippen LogP contribution in [0.1, 0.15) is 16.8 Å². The molecule has 0 spiro atoms. The van der Waals surface area contributed by atoms with Crippen LogP contribution < -0.4 is 5.32 Å². The summed E-state index contributed by atoms with van der Waals surface area (Å²) in [5, 5.41) is 15.8. The predicted molar refractivity (Wildman–Crippen MR) is 71.7 cm³/mol. The van der Waals surface area contributed by atoms with E-state index in [2.05, 4.69) is 15.4 Å². The van der Waals surface area contributed by atoms with Crippen molar-refractivity contribution in [2.75, 3.05) is 5.32 Å². The molecule has 0 radical (unpaired) electrons. The molecule has 0 saturated heterocycles. The van der Waals surface area contributed by atoms with Gasteiger partial charge in [-0.15, -0.1) is 0 Å². The molecule has 1 aromatic carbocycles. The summed E-state index contributed by atoms with van der Waals surface area (Å²) in [6.45, 7) is 0.363. The van der Waals surface area contributed by atoms with Gasteiger partial charge in [-0.2, -0.15) is 5.10 Å². The highest BCUT2D eigenvalue weighted by Crippen LogP contribution is 2.20. The number of anilines is 1. The van der Waals surface area contributed by atoms with Gasteiger partial charge < -0.3 is 10.4 Å². The molecule has 0 aliphatic rings. The standard InChI is InChI=1S/C12H11ClN4O3/c13-8-1-2-10(9(5-8)12(19)20)16-11(18)3-4-17-7-14-6-15-17/h1-2,5-7H,3-4H2,(H,16,18)(H,19,20). The van der Waals surface area contributed by atoms with E-state index in [1.54, 1.807) is 0 Å². The Hall–Kier alpha value is -2.41. The van der Waals surface area contributed by atoms with Crippen LogP contribution in [0.2, 0.25) is 5.02 Å². The zero-order valence-electron chi connectivity index (χ0n) is 10.3. The first kappa shape index (κ1) is 14.0. The van der Waals surface area contributed by atoms with E-state index in [4.69, 9.17) is 16.7 Å². The largest absolute Gasteiger partial charge is 0.478 e. The average Bonchev–Trinajstić information content (AvgIpc) is 2.91. The van der Waals surface area contributed by atoms with E-state index in [-0.39, 0.29) is 23.6 Å². The first-order valence-electron chi connectivity index (χ1n) is 5.71. The van der Waals surface area contributed by atoms with Crippen LogP contribution in [-0.2, 0) is 11.3 Å². The second-order valence-corrected chi connectivity index (χ2v) is 4.39. The minimum Gasteiger partial charge on any atom is -0.478 e. The third-order valence-electron chi connectivity index (χ3n) is 2.52. The lowest BCUT2D eigenvalue weighted by Crippen LogP contribution is -2.16. The van der Waals surface area contributed by atoms with Gasteiger partial charge in [0.2, 0.25) is 5.91 Å². The molecule has 104 valence electrons. The first-order valence-corrected chi connectivity index (χ1v) is 6.09. The highest BCUT2D eigenvalue weighted by Gasteiger charge is 2.13. The minimum atomic E-state index is -1.15. The number of amides is 1. The summed E-state index contributed by atoms with van der Waals surface area (Å²) in [5.41, 5.74) is 0.164. The lowest BCUT2D eigenvalue weighted by Gasteiger charge is -2.08. The Labute approximate surface area is 119 Å². The Balaban J connectivity index is 2.02. The second kappa shape index (κ2) is 6.16. The Morgan fingerprint density at radius 3 is 2.85 bits per heavy atom. The van der Waals surface area contributed by atoms with Gasteiger partial charge in [-0.25, -0.2) is 9.78 Å². The second-order valence-electron chi connectivity index (χ2n) is 3.95. The molecule has 0 fully saturated rings. The molecule has 1 aromatic heterocycles. The lowest BCUT2D eigenvalue weighted by atomic mass is 10.1. The fourth-order valence-electron chi connectivity index (χ4n) is 1.58. The first-order chi connectivity index (χ1) is 9.56. The summed E-state index contributed by atoms with van der Waals surface area (Å²) in [6, 6.07) is 4.26. The minimum absolute atomic E-state index is 0.0494. The molecule has 0 bridgehead atoms. The number of carbonyl (C=O) groups excluding carboxylic acids is 1. The van der Waals surface area contributed by atoms with Crippen LogP contribution in [0.25, 0.3) is 0 Å². The molecule has 2 N–H and O–H groups in total. The van der Waals surface area contributed by atoms with Crippen LogP contribution in [0, 0.1) is 0 Å². The molecule has 1 amide bonds. The quantitative estimate of drug-likeness (QED) is 0.874. The fourth-order valence-corrected chi connectivity index (χ4v) is 1.75. The smallest absolute Gasteiger partial charge is 0.337 e. The van der Waals surface area contributed by atoms with E-state index in [1.165, 1.54) is 35.5 Å². The maximum Gasteiger partial charge on any atom is 0.337 e. The van der Waals surface area contributed by atoms with Crippen molar-refractivity contribution in [3.05, 3.63) is 41.4 Å². The van der Waals surface area contributed by atoms with E-state index < -0.39 is 5.97 Å². The Morgan fingerprint density at radius 2 is 2.20 bits per heavy atom. The van der Waals surface area contributed by atoms with Crippen molar-refractivity contribution in [1.29, 1.82) is 0 Å². The van der Waals surface area contributed by atoms with Crippen molar-refractivity contribution in [3.8, 4) is 0 Å². The molecule has 20 heavy (non-hydrogen) atoms. The molecule has 2 aromatic rings. The topological polar surface area (TPSA) is 97.1 Å². The number of aromatic nitrogens is 3. The number of aromatic carboxylic acids is 1. The van der Waals surface area contributed by atoms with Gasteiger partial charge in [-0.1, -0.05) is 11.6 Å². The van der Waals surface area contributed by atoms with Crippen molar-refractivity contribution in [3.63, 3.8) is 0 Å². The molecule has 0 aliphatic heterocycles. The van der Waals surface area contributed by atoms with Crippen LogP contribution in [0.4, 0.5) is 5.69 Å². The normalized spacial score (nSPS) is 10.2. The van der Waals surface area contributed by atoms with Crippen molar-refractivity contribution in [2.24, 2.45) is 0 Å². The maximum absolute atomic E-state index is 11.8. The molecule has 0 aliphatic carbocycles. The van der Waals surface area contributed by atoms with E-state index in [1.807, 2.05) is 0 Å². The van der Waals surface area contributed by atoms with Crippen molar-refractivity contribution in [2.45, 2.75) is 13.0 Å². The number of benzene rings is 1. The third kappa shape index (κ3) is 3.55. The summed E-state index contributed by atoms with van der Waals surface area (Å²) in [6.07, 6.45) is 3.03. The van der Waals surface area contributed by atoms with Crippen LogP contribution >= 0.6 is 11.6 Å². The van der Waals surface area contributed by atoms with Crippen molar-refractivity contribution in [1.82, 2.24) is 14.8 Å². The van der Waals surface area contributed by atoms with Gasteiger partial charge in [0.15, 0.2) is 0 Å². The monoisotopic (exact) mass is 294 g/mol. The molecule has 0 saturated carbocycles.